The van der Waals surface area contributed by atoms with E-state index in [4.69, 9.17) is 9.84 Å². The van der Waals surface area contributed by atoms with Crippen LogP contribution in [0.4, 0.5) is 0 Å². The lowest BCUT2D eigenvalue weighted by molar-refractivity contribution is 0.220. The highest BCUT2D eigenvalue weighted by molar-refractivity contribution is 5.57. The van der Waals surface area contributed by atoms with Gasteiger partial charge in [0.1, 0.15) is 5.75 Å². The maximum atomic E-state index is 9.06. The predicted octanol–water partition coefficient (Wildman–Crippen LogP) is 2.85. The van der Waals surface area contributed by atoms with Crippen LogP contribution in [-0.2, 0) is 0 Å². The van der Waals surface area contributed by atoms with E-state index in [1.54, 1.807) is 7.11 Å². The van der Waals surface area contributed by atoms with Gasteiger partial charge < -0.3 is 15.2 Å². The highest BCUT2D eigenvalue weighted by Crippen LogP contribution is 2.18. The van der Waals surface area contributed by atoms with E-state index < -0.39 is 0 Å². The van der Waals surface area contributed by atoms with Crippen molar-refractivity contribution >= 4 is 6.08 Å². The van der Waals surface area contributed by atoms with Crippen LogP contribution in [0.5, 0.6) is 5.75 Å². The summed E-state index contributed by atoms with van der Waals surface area (Å²) in [6.07, 6.45) is 5.91. The standard InChI is InChI=1S/C16H25NO2/c1-4-16(2,11-13-18)17-12-7-9-14-8-5-6-10-15(14)19-3/h5-10,17-18H,4,11-13H2,1-3H3/b9-7+. The second-order valence-corrected chi connectivity index (χ2v) is 4.91. The molecular formula is C16H25NO2. The Hall–Kier alpha value is -1.32. The van der Waals surface area contributed by atoms with Crippen LogP contribution < -0.4 is 10.1 Å². The number of hydrogen-bond donors (Lipinski definition) is 2. The van der Waals surface area contributed by atoms with Gasteiger partial charge in [0, 0.05) is 24.3 Å². The highest BCUT2D eigenvalue weighted by Gasteiger charge is 2.19. The molecule has 1 atom stereocenters. The van der Waals surface area contributed by atoms with Gasteiger partial charge in [-0.05, 0) is 25.8 Å². The van der Waals surface area contributed by atoms with Crippen LogP contribution >= 0.6 is 0 Å². The number of hydrogen-bond acceptors (Lipinski definition) is 3. The molecule has 0 fully saturated rings. The third-order valence-corrected chi connectivity index (χ3v) is 3.53. The van der Waals surface area contributed by atoms with Crippen molar-refractivity contribution in [2.75, 3.05) is 20.3 Å². The van der Waals surface area contributed by atoms with Crippen molar-refractivity contribution in [2.24, 2.45) is 0 Å². The first-order valence-electron chi connectivity index (χ1n) is 6.80. The summed E-state index contributed by atoms with van der Waals surface area (Å²) in [4.78, 5) is 0. The largest absolute Gasteiger partial charge is 0.496 e. The quantitative estimate of drug-likeness (QED) is 0.758. The molecule has 1 unspecified atom stereocenters. The SMILES string of the molecule is CCC(C)(CCO)NC/C=C/c1ccccc1OC. The summed E-state index contributed by atoms with van der Waals surface area (Å²) in [5.41, 5.74) is 1.08. The molecule has 0 bridgehead atoms. The molecule has 2 N–H and O–H groups in total. The molecule has 1 aromatic rings. The van der Waals surface area contributed by atoms with Gasteiger partial charge in [0.25, 0.3) is 0 Å². The molecule has 0 saturated carbocycles. The Morgan fingerprint density at radius 3 is 2.74 bits per heavy atom. The smallest absolute Gasteiger partial charge is 0.126 e. The van der Waals surface area contributed by atoms with Crippen LogP contribution in [0.3, 0.4) is 0 Å². The molecule has 0 aliphatic rings. The number of rotatable bonds is 8. The zero-order valence-electron chi connectivity index (χ0n) is 12.1. The Labute approximate surface area is 116 Å². The van der Waals surface area contributed by atoms with Crippen molar-refractivity contribution in [3.8, 4) is 5.75 Å². The molecule has 0 heterocycles. The van der Waals surface area contributed by atoms with Crippen LogP contribution in [-0.4, -0.2) is 30.9 Å². The molecule has 0 spiro atoms. The van der Waals surface area contributed by atoms with E-state index in [0.717, 1.165) is 30.7 Å². The summed E-state index contributed by atoms with van der Waals surface area (Å²) in [5.74, 6) is 0.882. The second kappa shape index (κ2) is 7.97. The van der Waals surface area contributed by atoms with Crippen LogP contribution in [0.2, 0.25) is 0 Å². The lowest BCUT2D eigenvalue weighted by Gasteiger charge is -2.28. The van der Waals surface area contributed by atoms with Crippen molar-refractivity contribution < 1.29 is 9.84 Å². The average Bonchev–Trinajstić information content (AvgIpc) is 2.44. The van der Waals surface area contributed by atoms with Gasteiger partial charge >= 0.3 is 0 Å². The molecule has 0 radical (unpaired) electrons. The Bertz CT molecular complexity index is 403. The number of ether oxygens (including phenoxy) is 1. The summed E-state index contributed by atoms with van der Waals surface area (Å²) < 4.78 is 5.30. The minimum absolute atomic E-state index is 0.000135. The monoisotopic (exact) mass is 263 g/mol. The Morgan fingerprint density at radius 2 is 2.11 bits per heavy atom. The van der Waals surface area contributed by atoms with Crippen molar-refractivity contribution in [3.05, 3.63) is 35.9 Å². The molecule has 1 rings (SSSR count). The van der Waals surface area contributed by atoms with E-state index in [0.29, 0.717) is 0 Å². The minimum Gasteiger partial charge on any atom is -0.496 e. The fourth-order valence-electron chi connectivity index (χ4n) is 1.93. The molecule has 0 amide bonds. The zero-order valence-corrected chi connectivity index (χ0v) is 12.1. The van der Waals surface area contributed by atoms with Crippen molar-refractivity contribution in [1.82, 2.24) is 5.32 Å². The summed E-state index contributed by atoms with van der Waals surface area (Å²) in [5, 5.41) is 12.5. The van der Waals surface area contributed by atoms with E-state index in [-0.39, 0.29) is 12.1 Å². The Morgan fingerprint density at radius 1 is 1.37 bits per heavy atom. The summed E-state index contributed by atoms with van der Waals surface area (Å²) in [6, 6.07) is 7.94. The lowest BCUT2D eigenvalue weighted by Crippen LogP contribution is -2.42. The van der Waals surface area contributed by atoms with Gasteiger partial charge in [0.05, 0.1) is 7.11 Å². The molecule has 0 saturated heterocycles. The molecule has 0 aliphatic heterocycles. The third-order valence-electron chi connectivity index (χ3n) is 3.53. The van der Waals surface area contributed by atoms with E-state index in [1.165, 1.54) is 0 Å². The van der Waals surface area contributed by atoms with Crippen molar-refractivity contribution in [1.29, 1.82) is 0 Å². The van der Waals surface area contributed by atoms with E-state index in [9.17, 15) is 0 Å². The first-order valence-corrected chi connectivity index (χ1v) is 6.80. The van der Waals surface area contributed by atoms with Gasteiger partial charge in [-0.2, -0.15) is 0 Å². The molecule has 1 aromatic carbocycles. The Kier molecular flexibility index (Phi) is 6.60. The number of aliphatic hydroxyl groups excluding tert-OH is 1. The summed E-state index contributed by atoms with van der Waals surface area (Å²) in [7, 11) is 1.68. The number of aliphatic hydroxyl groups is 1. The van der Waals surface area contributed by atoms with Gasteiger partial charge in [-0.1, -0.05) is 37.3 Å². The molecule has 3 nitrogen and oxygen atoms in total. The van der Waals surface area contributed by atoms with Gasteiger partial charge in [-0.25, -0.2) is 0 Å². The van der Waals surface area contributed by atoms with Crippen LogP contribution in [0.25, 0.3) is 6.08 Å². The molecule has 19 heavy (non-hydrogen) atoms. The number of para-hydroxylation sites is 1. The molecule has 106 valence electrons. The molecule has 0 aliphatic carbocycles. The van der Waals surface area contributed by atoms with Crippen LogP contribution in [0.15, 0.2) is 30.3 Å². The third kappa shape index (κ3) is 5.05. The number of methoxy groups -OCH3 is 1. The minimum atomic E-state index is -0.000135. The van der Waals surface area contributed by atoms with Gasteiger partial charge in [-0.3, -0.25) is 0 Å². The highest BCUT2D eigenvalue weighted by atomic mass is 16.5. The first kappa shape index (κ1) is 15.7. The van der Waals surface area contributed by atoms with Gasteiger partial charge in [0.15, 0.2) is 0 Å². The van der Waals surface area contributed by atoms with Gasteiger partial charge in [0.2, 0.25) is 0 Å². The van der Waals surface area contributed by atoms with Crippen molar-refractivity contribution in [2.45, 2.75) is 32.2 Å². The summed E-state index contributed by atoms with van der Waals surface area (Å²) in [6.45, 7) is 5.27. The van der Waals surface area contributed by atoms with E-state index in [1.807, 2.05) is 24.3 Å². The average molecular weight is 263 g/mol. The fraction of sp³-hybridized carbons (Fsp3) is 0.500. The fourth-order valence-corrected chi connectivity index (χ4v) is 1.93. The molecule has 3 heteroatoms. The predicted molar refractivity (Wildman–Crippen MR) is 80.4 cm³/mol. The second-order valence-electron chi connectivity index (χ2n) is 4.91. The summed E-state index contributed by atoms with van der Waals surface area (Å²) >= 11 is 0. The van der Waals surface area contributed by atoms with Crippen LogP contribution in [0, 0.1) is 0 Å². The normalized spacial score (nSPS) is 14.5. The van der Waals surface area contributed by atoms with Crippen molar-refractivity contribution in [3.63, 3.8) is 0 Å². The topological polar surface area (TPSA) is 41.5 Å². The molecular weight excluding hydrogens is 238 g/mol. The van der Waals surface area contributed by atoms with Gasteiger partial charge in [-0.15, -0.1) is 0 Å². The number of benzene rings is 1. The maximum absolute atomic E-state index is 9.06. The maximum Gasteiger partial charge on any atom is 0.126 e. The van der Waals surface area contributed by atoms with E-state index >= 15 is 0 Å². The van der Waals surface area contributed by atoms with Crippen LogP contribution in [0.1, 0.15) is 32.3 Å². The Balaban J connectivity index is 2.54. The first-order chi connectivity index (χ1) is 9.15. The lowest BCUT2D eigenvalue weighted by atomic mass is 9.95. The number of nitrogens with one attached hydrogen (secondary N) is 1. The van der Waals surface area contributed by atoms with E-state index in [2.05, 4.69) is 31.3 Å². The zero-order chi connectivity index (χ0) is 14.1. The molecule has 0 aromatic heterocycles.